The molecule has 0 aliphatic carbocycles. The molecule has 0 amide bonds. The molecule has 7 nitrogen and oxygen atoms in total. The van der Waals surface area contributed by atoms with Crippen LogP contribution in [0.4, 0.5) is 5.88 Å². The van der Waals surface area contributed by atoms with Gasteiger partial charge in [0.1, 0.15) is 12.7 Å². The summed E-state index contributed by atoms with van der Waals surface area (Å²) in [6.07, 6.45) is 1.60. The van der Waals surface area contributed by atoms with E-state index in [-0.39, 0.29) is 17.5 Å². The lowest BCUT2D eigenvalue weighted by Crippen LogP contribution is -1.98. The maximum Gasteiger partial charge on any atom is 0.252 e. The molecule has 0 atom stereocenters. The molecule has 0 aliphatic rings. The molecule has 0 bridgehead atoms. The number of benzene rings is 2. The van der Waals surface area contributed by atoms with E-state index < -0.39 is 0 Å². The topological polar surface area (TPSA) is 92.7 Å². The fraction of sp³-hybridized carbons (Fsp3) is 0.227. The SMILES string of the molecule is COc1cc(C=NNc2oc(C(C)C)nc2C#N)ccc1OCc1ccccc1. The van der Waals surface area contributed by atoms with Gasteiger partial charge in [0, 0.05) is 5.92 Å². The van der Waals surface area contributed by atoms with Gasteiger partial charge in [-0.05, 0) is 29.3 Å². The summed E-state index contributed by atoms with van der Waals surface area (Å²) in [5, 5.41) is 13.3. The maximum absolute atomic E-state index is 9.17. The smallest absolute Gasteiger partial charge is 0.252 e. The summed E-state index contributed by atoms with van der Waals surface area (Å²) >= 11 is 0. The van der Waals surface area contributed by atoms with E-state index in [1.165, 1.54) is 0 Å². The molecular formula is C22H22N4O3. The van der Waals surface area contributed by atoms with Gasteiger partial charge in [-0.1, -0.05) is 44.2 Å². The zero-order chi connectivity index (χ0) is 20.6. The Morgan fingerprint density at radius 1 is 1.21 bits per heavy atom. The second-order valence-corrected chi connectivity index (χ2v) is 6.55. The lowest BCUT2D eigenvalue weighted by atomic mass is 10.2. The Balaban J connectivity index is 1.68. The van der Waals surface area contributed by atoms with Crippen molar-refractivity contribution in [2.24, 2.45) is 5.10 Å². The average Bonchev–Trinajstić information content (AvgIpc) is 3.17. The predicted molar refractivity (Wildman–Crippen MR) is 110 cm³/mol. The molecule has 1 aromatic heterocycles. The van der Waals surface area contributed by atoms with Crippen molar-refractivity contribution in [2.75, 3.05) is 12.5 Å². The normalized spacial score (nSPS) is 10.9. The molecule has 0 saturated heterocycles. The lowest BCUT2D eigenvalue weighted by molar-refractivity contribution is 0.284. The van der Waals surface area contributed by atoms with Crippen molar-refractivity contribution in [3.63, 3.8) is 0 Å². The molecule has 3 aromatic rings. The number of aromatic nitrogens is 1. The zero-order valence-corrected chi connectivity index (χ0v) is 16.5. The predicted octanol–water partition coefficient (Wildman–Crippen LogP) is 4.70. The molecule has 7 heteroatoms. The van der Waals surface area contributed by atoms with Crippen molar-refractivity contribution in [3.8, 4) is 17.6 Å². The van der Waals surface area contributed by atoms with E-state index in [0.717, 1.165) is 11.1 Å². The van der Waals surface area contributed by atoms with Gasteiger partial charge >= 0.3 is 0 Å². The van der Waals surface area contributed by atoms with E-state index in [9.17, 15) is 0 Å². The van der Waals surface area contributed by atoms with Gasteiger partial charge in [-0.25, -0.2) is 10.4 Å². The minimum Gasteiger partial charge on any atom is -0.493 e. The molecule has 1 N–H and O–H groups in total. The minimum absolute atomic E-state index is 0.0781. The Morgan fingerprint density at radius 3 is 2.69 bits per heavy atom. The number of hydrogen-bond acceptors (Lipinski definition) is 7. The first-order chi connectivity index (χ1) is 14.1. The van der Waals surface area contributed by atoms with Crippen LogP contribution in [0.25, 0.3) is 0 Å². The van der Waals surface area contributed by atoms with Gasteiger partial charge in [-0.2, -0.15) is 10.4 Å². The van der Waals surface area contributed by atoms with Gasteiger partial charge in [0.25, 0.3) is 5.88 Å². The van der Waals surface area contributed by atoms with Crippen molar-refractivity contribution < 1.29 is 13.9 Å². The Hall–Kier alpha value is -3.79. The van der Waals surface area contributed by atoms with E-state index in [4.69, 9.17) is 19.2 Å². The van der Waals surface area contributed by atoms with Crippen LogP contribution >= 0.6 is 0 Å². The van der Waals surface area contributed by atoms with Gasteiger partial charge in [-0.15, -0.1) is 0 Å². The second kappa shape index (κ2) is 9.42. The summed E-state index contributed by atoms with van der Waals surface area (Å²) in [5.74, 6) is 2.03. The summed E-state index contributed by atoms with van der Waals surface area (Å²) in [6, 6.07) is 17.4. The molecule has 0 aliphatic heterocycles. The molecular weight excluding hydrogens is 368 g/mol. The van der Waals surface area contributed by atoms with Gasteiger partial charge in [0.05, 0.1) is 13.3 Å². The molecule has 0 radical (unpaired) electrons. The number of methoxy groups -OCH3 is 1. The molecule has 2 aromatic carbocycles. The standard InChI is InChI=1S/C22H22N4O3/c1-15(2)21-25-18(12-23)22(29-21)26-24-13-17-9-10-19(20(11-17)27-3)28-14-16-7-5-4-6-8-16/h4-11,13,15,26H,14H2,1-3H3. The fourth-order valence-corrected chi connectivity index (χ4v) is 2.52. The lowest BCUT2D eigenvalue weighted by Gasteiger charge is -2.11. The highest BCUT2D eigenvalue weighted by Crippen LogP contribution is 2.28. The molecule has 3 rings (SSSR count). The summed E-state index contributed by atoms with van der Waals surface area (Å²) in [6.45, 7) is 4.33. The largest absolute Gasteiger partial charge is 0.493 e. The highest BCUT2D eigenvalue weighted by atomic mass is 16.5. The van der Waals surface area contributed by atoms with Gasteiger partial charge < -0.3 is 13.9 Å². The quantitative estimate of drug-likeness (QED) is 0.442. The molecule has 0 fully saturated rings. The summed E-state index contributed by atoms with van der Waals surface area (Å²) in [5.41, 5.74) is 4.78. The zero-order valence-electron chi connectivity index (χ0n) is 16.5. The van der Waals surface area contributed by atoms with Crippen LogP contribution in [0.15, 0.2) is 58.0 Å². The number of anilines is 1. The molecule has 0 saturated carbocycles. The van der Waals surface area contributed by atoms with E-state index >= 15 is 0 Å². The van der Waals surface area contributed by atoms with Gasteiger partial charge in [0.2, 0.25) is 11.6 Å². The number of nitrogens with one attached hydrogen (secondary N) is 1. The van der Waals surface area contributed by atoms with Gasteiger partial charge in [-0.3, -0.25) is 0 Å². The molecule has 0 spiro atoms. The third kappa shape index (κ3) is 5.14. The van der Waals surface area contributed by atoms with Crippen LogP contribution in [0.5, 0.6) is 11.5 Å². The van der Waals surface area contributed by atoms with E-state index in [1.54, 1.807) is 13.3 Å². The van der Waals surface area contributed by atoms with Crippen molar-refractivity contribution in [1.82, 2.24) is 4.98 Å². The average molecular weight is 390 g/mol. The van der Waals surface area contributed by atoms with Crippen LogP contribution in [-0.4, -0.2) is 18.3 Å². The number of nitrogens with zero attached hydrogens (tertiary/aromatic N) is 3. The van der Waals surface area contributed by atoms with Crippen LogP contribution in [0.1, 0.15) is 42.5 Å². The molecule has 29 heavy (non-hydrogen) atoms. The van der Waals surface area contributed by atoms with Crippen molar-refractivity contribution in [1.29, 1.82) is 5.26 Å². The van der Waals surface area contributed by atoms with Crippen LogP contribution in [-0.2, 0) is 6.61 Å². The van der Waals surface area contributed by atoms with Crippen LogP contribution in [0, 0.1) is 11.3 Å². The Kier molecular flexibility index (Phi) is 6.48. The van der Waals surface area contributed by atoms with Crippen LogP contribution in [0.2, 0.25) is 0 Å². The first-order valence-corrected chi connectivity index (χ1v) is 9.15. The van der Waals surface area contributed by atoms with Crippen molar-refractivity contribution >= 4 is 12.1 Å². The Morgan fingerprint density at radius 2 is 2.00 bits per heavy atom. The molecule has 0 unspecified atom stereocenters. The van der Waals surface area contributed by atoms with E-state index in [1.807, 2.05) is 68.4 Å². The maximum atomic E-state index is 9.17. The first kappa shape index (κ1) is 20.0. The third-order valence-corrected chi connectivity index (χ3v) is 4.05. The number of oxazole rings is 1. The monoisotopic (exact) mass is 390 g/mol. The minimum atomic E-state index is 0.0781. The van der Waals surface area contributed by atoms with Crippen LogP contribution in [0.3, 0.4) is 0 Å². The summed E-state index contributed by atoms with van der Waals surface area (Å²) < 4.78 is 16.8. The van der Waals surface area contributed by atoms with Gasteiger partial charge in [0.15, 0.2) is 11.5 Å². The Labute approximate surface area is 169 Å². The first-order valence-electron chi connectivity index (χ1n) is 9.15. The number of nitriles is 1. The van der Waals surface area contributed by atoms with Crippen molar-refractivity contribution in [2.45, 2.75) is 26.4 Å². The number of rotatable bonds is 8. The van der Waals surface area contributed by atoms with E-state index in [2.05, 4.69) is 15.5 Å². The van der Waals surface area contributed by atoms with Crippen LogP contribution < -0.4 is 14.9 Å². The number of hydrogen-bond donors (Lipinski definition) is 1. The third-order valence-electron chi connectivity index (χ3n) is 4.05. The van der Waals surface area contributed by atoms with Crippen molar-refractivity contribution in [3.05, 3.63) is 71.2 Å². The van der Waals surface area contributed by atoms with E-state index in [0.29, 0.717) is 24.0 Å². The molecule has 148 valence electrons. The number of ether oxygens (including phenoxy) is 2. The summed E-state index contributed by atoms with van der Waals surface area (Å²) in [7, 11) is 1.59. The highest BCUT2D eigenvalue weighted by Gasteiger charge is 2.14. The Bertz CT molecular complexity index is 1020. The fourth-order valence-electron chi connectivity index (χ4n) is 2.52. The second-order valence-electron chi connectivity index (χ2n) is 6.55. The molecule has 1 heterocycles. The summed E-state index contributed by atoms with van der Waals surface area (Å²) in [4.78, 5) is 4.14. The number of hydrazone groups is 1. The highest BCUT2D eigenvalue weighted by molar-refractivity contribution is 5.81.